The first kappa shape index (κ1) is 23.2. The molecule has 0 spiro atoms. The van der Waals surface area contributed by atoms with Crippen LogP contribution in [0.3, 0.4) is 0 Å². The number of fused-ring (bicyclic) bond motifs is 1. The van der Waals surface area contributed by atoms with E-state index < -0.39 is 6.04 Å². The van der Waals surface area contributed by atoms with Gasteiger partial charge < -0.3 is 14.8 Å². The van der Waals surface area contributed by atoms with Crippen molar-refractivity contribution < 1.29 is 14.3 Å². The van der Waals surface area contributed by atoms with Crippen LogP contribution in [-0.2, 0) is 27.2 Å². The summed E-state index contributed by atoms with van der Waals surface area (Å²) >= 11 is 1.24. The summed E-state index contributed by atoms with van der Waals surface area (Å²) in [4.78, 5) is 24.8. The molecule has 1 aliphatic rings. The maximum atomic E-state index is 12.4. The third-order valence-electron chi connectivity index (χ3n) is 5.98. The molecule has 172 valence electrons. The molecule has 3 aromatic rings. The molecule has 0 radical (unpaired) electrons. The summed E-state index contributed by atoms with van der Waals surface area (Å²) in [5.41, 5.74) is 3.93. The first-order chi connectivity index (χ1) is 16.1. The SMILES string of the molecule is COCCn1c(=O)sc2ccc(-c3ccc(CC(C#N)NC(=O)C4CCOCC4)cc3)cc21. The number of nitrogens with one attached hydrogen (secondary N) is 1. The van der Waals surface area contributed by atoms with Crippen LogP contribution >= 0.6 is 11.3 Å². The van der Waals surface area contributed by atoms with Gasteiger partial charge in [-0.05, 0) is 41.7 Å². The molecule has 0 aliphatic carbocycles. The summed E-state index contributed by atoms with van der Waals surface area (Å²) in [7, 11) is 1.62. The Morgan fingerprint density at radius 3 is 2.67 bits per heavy atom. The number of carbonyl (C=O) groups is 1. The van der Waals surface area contributed by atoms with Gasteiger partial charge in [-0.25, -0.2) is 0 Å². The highest BCUT2D eigenvalue weighted by Crippen LogP contribution is 2.26. The fourth-order valence-corrected chi connectivity index (χ4v) is 4.98. The highest BCUT2D eigenvalue weighted by molar-refractivity contribution is 7.16. The van der Waals surface area contributed by atoms with E-state index in [0.29, 0.717) is 45.6 Å². The number of methoxy groups -OCH3 is 1. The van der Waals surface area contributed by atoms with Crippen LogP contribution in [0.5, 0.6) is 0 Å². The molecule has 1 atom stereocenters. The number of nitrogens with zero attached hydrogens (tertiary/aromatic N) is 2. The maximum absolute atomic E-state index is 12.4. The highest BCUT2D eigenvalue weighted by Gasteiger charge is 2.23. The van der Waals surface area contributed by atoms with Gasteiger partial charge >= 0.3 is 4.87 Å². The van der Waals surface area contributed by atoms with Crippen molar-refractivity contribution in [1.29, 1.82) is 5.26 Å². The Kier molecular flexibility index (Phi) is 7.55. The number of hydrogen-bond donors (Lipinski definition) is 1. The molecule has 1 saturated heterocycles. The molecule has 0 bridgehead atoms. The van der Waals surface area contributed by atoms with Gasteiger partial charge in [0, 0.05) is 32.7 Å². The van der Waals surface area contributed by atoms with Crippen molar-refractivity contribution in [2.45, 2.75) is 31.8 Å². The lowest BCUT2D eigenvalue weighted by Crippen LogP contribution is -2.41. The first-order valence-corrected chi connectivity index (χ1v) is 11.9. The second-order valence-electron chi connectivity index (χ2n) is 8.17. The zero-order valence-electron chi connectivity index (χ0n) is 18.6. The molecule has 1 fully saturated rings. The van der Waals surface area contributed by atoms with Gasteiger partial charge in [0.25, 0.3) is 0 Å². The van der Waals surface area contributed by atoms with Crippen LogP contribution in [0.4, 0.5) is 0 Å². The molecule has 8 heteroatoms. The number of rotatable bonds is 8. The lowest BCUT2D eigenvalue weighted by atomic mass is 9.97. The summed E-state index contributed by atoms with van der Waals surface area (Å²) in [5, 5.41) is 12.4. The van der Waals surface area contributed by atoms with Gasteiger partial charge in [-0.3, -0.25) is 14.2 Å². The van der Waals surface area contributed by atoms with E-state index in [0.717, 1.165) is 26.9 Å². The molecular weight excluding hydrogens is 438 g/mol. The first-order valence-electron chi connectivity index (χ1n) is 11.1. The van der Waals surface area contributed by atoms with Crippen molar-refractivity contribution in [3.05, 3.63) is 57.7 Å². The Labute approximate surface area is 196 Å². The van der Waals surface area contributed by atoms with Gasteiger partial charge in [-0.2, -0.15) is 5.26 Å². The average molecular weight is 466 g/mol. The molecule has 2 heterocycles. The number of nitriles is 1. The maximum Gasteiger partial charge on any atom is 0.308 e. The van der Waals surface area contributed by atoms with Crippen molar-refractivity contribution in [2.75, 3.05) is 26.9 Å². The van der Waals surface area contributed by atoms with Crippen LogP contribution in [0.25, 0.3) is 21.3 Å². The van der Waals surface area contributed by atoms with E-state index in [1.807, 2.05) is 42.5 Å². The Bertz CT molecular complexity index is 1200. The smallest absolute Gasteiger partial charge is 0.308 e. The van der Waals surface area contributed by atoms with Crippen LogP contribution in [0.2, 0.25) is 0 Å². The number of amides is 1. The third kappa shape index (κ3) is 5.50. The molecule has 33 heavy (non-hydrogen) atoms. The molecule has 1 N–H and O–H groups in total. The van der Waals surface area contributed by atoms with Crippen LogP contribution in [0.1, 0.15) is 18.4 Å². The van der Waals surface area contributed by atoms with E-state index in [2.05, 4.69) is 11.4 Å². The second-order valence-corrected chi connectivity index (χ2v) is 9.17. The molecule has 1 aromatic heterocycles. The molecule has 7 nitrogen and oxygen atoms in total. The van der Waals surface area contributed by atoms with Gasteiger partial charge in [0.15, 0.2) is 0 Å². The number of carbonyl (C=O) groups excluding carboxylic acids is 1. The number of thiazole rings is 1. The minimum atomic E-state index is -0.566. The van der Waals surface area contributed by atoms with Crippen molar-refractivity contribution in [3.63, 3.8) is 0 Å². The fraction of sp³-hybridized carbons (Fsp3) is 0.400. The van der Waals surface area contributed by atoms with Crippen molar-refractivity contribution in [2.24, 2.45) is 5.92 Å². The van der Waals surface area contributed by atoms with E-state index >= 15 is 0 Å². The minimum Gasteiger partial charge on any atom is -0.383 e. The molecule has 1 unspecified atom stereocenters. The standard InChI is InChI=1S/C25H27N3O4S/c1-31-13-10-28-22-15-20(6-7-23(22)33-25(28)30)18-4-2-17(3-5-18)14-21(16-26)27-24(29)19-8-11-32-12-9-19/h2-7,15,19,21H,8-14H2,1H3,(H,27,29). The lowest BCUT2D eigenvalue weighted by Gasteiger charge is -2.22. The van der Waals surface area contributed by atoms with E-state index in [1.54, 1.807) is 11.7 Å². The largest absolute Gasteiger partial charge is 0.383 e. The van der Waals surface area contributed by atoms with Crippen molar-refractivity contribution in [3.8, 4) is 17.2 Å². The predicted octanol–water partition coefficient (Wildman–Crippen LogP) is 3.35. The van der Waals surface area contributed by atoms with Crippen LogP contribution in [-0.4, -0.2) is 43.4 Å². The summed E-state index contributed by atoms with van der Waals surface area (Å²) in [6, 6.07) is 15.6. The number of aromatic nitrogens is 1. The molecule has 1 aliphatic heterocycles. The Balaban J connectivity index is 1.46. The van der Waals surface area contributed by atoms with Gasteiger partial charge in [0.1, 0.15) is 6.04 Å². The predicted molar refractivity (Wildman–Crippen MR) is 128 cm³/mol. The molecular formula is C25H27N3O4S. The van der Waals surface area contributed by atoms with E-state index in [9.17, 15) is 14.9 Å². The molecule has 0 saturated carbocycles. The van der Waals surface area contributed by atoms with E-state index in [1.165, 1.54) is 11.3 Å². The molecule has 1 amide bonds. The van der Waals surface area contributed by atoms with Gasteiger partial charge in [-0.15, -0.1) is 0 Å². The van der Waals surface area contributed by atoms with Gasteiger partial charge in [0.2, 0.25) is 5.91 Å². The highest BCUT2D eigenvalue weighted by atomic mass is 32.1. The monoisotopic (exact) mass is 465 g/mol. The number of benzene rings is 2. The average Bonchev–Trinajstić information content (AvgIpc) is 3.17. The minimum absolute atomic E-state index is 0.0138. The zero-order valence-corrected chi connectivity index (χ0v) is 19.4. The van der Waals surface area contributed by atoms with Crippen LogP contribution in [0.15, 0.2) is 47.3 Å². The summed E-state index contributed by atoms with van der Waals surface area (Å²) < 4.78 is 13.1. The number of ether oxygens (including phenoxy) is 2. The second kappa shape index (κ2) is 10.8. The quantitative estimate of drug-likeness (QED) is 0.551. The molecule has 2 aromatic carbocycles. The van der Waals surface area contributed by atoms with Gasteiger partial charge in [0.05, 0.1) is 29.4 Å². The Morgan fingerprint density at radius 2 is 1.97 bits per heavy atom. The summed E-state index contributed by atoms with van der Waals surface area (Å²) in [6.45, 7) is 2.19. The Morgan fingerprint density at radius 1 is 1.24 bits per heavy atom. The van der Waals surface area contributed by atoms with Gasteiger partial charge in [-0.1, -0.05) is 41.7 Å². The van der Waals surface area contributed by atoms with E-state index in [4.69, 9.17) is 9.47 Å². The van der Waals surface area contributed by atoms with Crippen molar-refractivity contribution in [1.82, 2.24) is 9.88 Å². The third-order valence-corrected chi connectivity index (χ3v) is 6.94. The van der Waals surface area contributed by atoms with Crippen molar-refractivity contribution >= 4 is 27.5 Å². The molecule has 4 rings (SSSR count). The topological polar surface area (TPSA) is 93.4 Å². The summed E-state index contributed by atoms with van der Waals surface area (Å²) in [6.07, 6.45) is 1.85. The number of hydrogen-bond acceptors (Lipinski definition) is 6. The zero-order chi connectivity index (χ0) is 23.2. The normalized spacial score (nSPS) is 15.3. The fourth-order valence-electron chi connectivity index (χ4n) is 4.08. The van der Waals surface area contributed by atoms with Crippen LogP contribution in [0, 0.1) is 17.2 Å². The van der Waals surface area contributed by atoms with E-state index in [-0.39, 0.29) is 16.7 Å². The van der Waals surface area contributed by atoms with Crippen LogP contribution < -0.4 is 10.2 Å². The Hall–Kier alpha value is -2.99. The summed E-state index contributed by atoms with van der Waals surface area (Å²) in [5.74, 6) is -0.143. The lowest BCUT2D eigenvalue weighted by molar-refractivity contribution is -0.128.